The van der Waals surface area contributed by atoms with Gasteiger partial charge in [-0.15, -0.1) is 10.2 Å². The van der Waals surface area contributed by atoms with Gasteiger partial charge < -0.3 is 5.32 Å². The summed E-state index contributed by atoms with van der Waals surface area (Å²) in [7, 11) is 0. The van der Waals surface area contributed by atoms with E-state index in [-0.39, 0.29) is 5.91 Å². The minimum atomic E-state index is 0.0656. The van der Waals surface area contributed by atoms with Gasteiger partial charge in [-0.05, 0) is 12.3 Å². The minimum Gasteiger partial charge on any atom is -0.355 e. The second kappa shape index (κ2) is 6.79. The predicted molar refractivity (Wildman–Crippen MR) is 63.1 cm³/mol. The molecule has 15 heavy (non-hydrogen) atoms. The van der Waals surface area contributed by atoms with Crippen LogP contribution in [0.3, 0.4) is 0 Å². The summed E-state index contributed by atoms with van der Waals surface area (Å²) in [6, 6.07) is 0. The van der Waals surface area contributed by atoms with Gasteiger partial charge in [-0.25, -0.2) is 0 Å². The molecule has 0 spiro atoms. The highest BCUT2D eigenvalue weighted by Gasteiger charge is 2.04. The number of nitrogens with zero attached hydrogens (tertiary/aromatic N) is 2. The number of hydrogen-bond acceptors (Lipinski definition) is 5. The Hall–Kier alpha value is -0.620. The van der Waals surface area contributed by atoms with E-state index >= 15 is 0 Å². The Morgan fingerprint density at radius 2 is 2.47 bits per heavy atom. The number of aromatic nitrogens is 2. The fraction of sp³-hybridized carbons (Fsp3) is 0.667. The van der Waals surface area contributed by atoms with Crippen molar-refractivity contribution in [3.8, 4) is 0 Å². The third-order valence-corrected chi connectivity index (χ3v) is 3.57. The normalized spacial score (nSPS) is 10.6. The highest BCUT2D eigenvalue weighted by molar-refractivity contribution is 8.01. The maximum absolute atomic E-state index is 11.3. The Morgan fingerprint density at radius 1 is 1.67 bits per heavy atom. The molecule has 0 aliphatic rings. The molecule has 0 saturated heterocycles. The summed E-state index contributed by atoms with van der Waals surface area (Å²) < 4.78 is 0.842. The van der Waals surface area contributed by atoms with E-state index in [1.807, 2.05) is 0 Å². The van der Waals surface area contributed by atoms with Crippen LogP contribution in [-0.4, -0.2) is 28.4 Å². The number of carbonyl (C=O) groups is 1. The van der Waals surface area contributed by atoms with Crippen LogP contribution in [0.15, 0.2) is 9.85 Å². The molecule has 84 valence electrons. The number of thioether (sulfide) groups is 1. The number of hydrogen-bond donors (Lipinski definition) is 1. The third-order valence-electron chi connectivity index (χ3n) is 1.71. The Bertz CT molecular complexity index is 288. The SMILES string of the molecule is CC(C)CCNC(=O)CSc1nncs1. The molecule has 0 atom stereocenters. The van der Waals surface area contributed by atoms with E-state index in [1.165, 1.54) is 23.1 Å². The van der Waals surface area contributed by atoms with Crippen LogP contribution in [0.4, 0.5) is 0 Å². The minimum absolute atomic E-state index is 0.0656. The summed E-state index contributed by atoms with van der Waals surface area (Å²) in [5.41, 5.74) is 1.67. The maximum Gasteiger partial charge on any atom is 0.230 e. The molecule has 0 aliphatic carbocycles. The van der Waals surface area contributed by atoms with Crippen LogP contribution in [-0.2, 0) is 4.79 Å². The summed E-state index contributed by atoms with van der Waals surface area (Å²) in [6.07, 6.45) is 1.02. The molecule has 6 heteroatoms. The van der Waals surface area contributed by atoms with Crippen molar-refractivity contribution < 1.29 is 4.79 Å². The number of rotatable bonds is 6. The van der Waals surface area contributed by atoms with Crippen molar-refractivity contribution in [2.45, 2.75) is 24.6 Å². The lowest BCUT2D eigenvalue weighted by atomic mass is 10.1. The molecule has 1 heterocycles. The topological polar surface area (TPSA) is 54.9 Å². The van der Waals surface area contributed by atoms with Gasteiger partial charge in [0.05, 0.1) is 5.75 Å². The zero-order valence-electron chi connectivity index (χ0n) is 8.90. The molecule has 1 aromatic heterocycles. The van der Waals surface area contributed by atoms with Crippen molar-refractivity contribution in [1.82, 2.24) is 15.5 Å². The van der Waals surface area contributed by atoms with E-state index in [4.69, 9.17) is 0 Å². The van der Waals surface area contributed by atoms with Gasteiger partial charge >= 0.3 is 0 Å². The zero-order chi connectivity index (χ0) is 11.1. The summed E-state index contributed by atoms with van der Waals surface area (Å²) in [4.78, 5) is 11.3. The number of amides is 1. The summed E-state index contributed by atoms with van der Waals surface area (Å²) in [5, 5.41) is 10.4. The first-order chi connectivity index (χ1) is 7.18. The number of nitrogens with one attached hydrogen (secondary N) is 1. The molecule has 0 saturated carbocycles. The van der Waals surface area contributed by atoms with E-state index in [0.717, 1.165) is 17.3 Å². The van der Waals surface area contributed by atoms with Crippen LogP contribution in [0.25, 0.3) is 0 Å². The summed E-state index contributed by atoms with van der Waals surface area (Å²) in [5.74, 6) is 1.12. The first-order valence-corrected chi connectivity index (χ1v) is 6.70. The van der Waals surface area contributed by atoms with Gasteiger partial charge in [-0.1, -0.05) is 36.9 Å². The summed E-state index contributed by atoms with van der Waals surface area (Å²) >= 11 is 2.88. The molecule has 1 amide bonds. The van der Waals surface area contributed by atoms with Crippen molar-refractivity contribution in [3.63, 3.8) is 0 Å². The Morgan fingerprint density at radius 3 is 3.07 bits per heavy atom. The first kappa shape index (κ1) is 12.4. The van der Waals surface area contributed by atoms with Crippen LogP contribution in [0.2, 0.25) is 0 Å². The standard InChI is InChI=1S/C9H15N3OS2/c1-7(2)3-4-10-8(13)5-14-9-12-11-6-15-9/h6-7H,3-5H2,1-2H3,(H,10,13). The fourth-order valence-electron chi connectivity index (χ4n) is 0.904. The maximum atomic E-state index is 11.3. The van der Waals surface area contributed by atoms with Gasteiger partial charge in [0.15, 0.2) is 4.34 Å². The largest absolute Gasteiger partial charge is 0.355 e. The van der Waals surface area contributed by atoms with Gasteiger partial charge in [-0.3, -0.25) is 4.79 Å². The monoisotopic (exact) mass is 245 g/mol. The van der Waals surface area contributed by atoms with Gasteiger partial charge in [-0.2, -0.15) is 0 Å². The average Bonchev–Trinajstić information content (AvgIpc) is 2.66. The molecule has 0 fully saturated rings. The molecular formula is C9H15N3OS2. The molecule has 1 rings (SSSR count). The smallest absolute Gasteiger partial charge is 0.230 e. The van der Waals surface area contributed by atoms with Crippen LogP contribution >= 0.6 is 23.1 Å². The Labute approximate surface area is 97.9 Å². The van der Waals surface area contributed by atoms with E-state index in [0.29, 0.717) is 11.7 Å². The first-order valence-electron chi connectivity index (χ1n) is 4.84. The van der Waals surface area contributed by atoms with Crippen LogP contribution in [0.5, 0.6) is 0 Å². The van der Waals surface area contributed by atoms with Crippen LogP contribution in [0.1, 0.15) is 20.3 Å². The van der Waals surface area contributed by atoms with E-state index in [9.17, 15) is 4.79 Å². The van der Waals surface area contributed by atoms with E-state index in [2.05, 4.69) is 29.4 Å². The highest BCUT2D eigenvalue weighted by Crippen LogP contribution is 2.17. The molecule has 0 aliphatic heterocycles. The van der Waals surface area contributed by atoms with Crippen LogP contribution < -0.4 is 5.32 Å². The van der Waals surface area contributed by atoms with Crippen molar-refractivity contribution in [3.05, 3.63) is 5.51 Å². The average molecular weight is 245 g/mol. The predicted octanol–water partition coefficient (Wildman–Crippen LogP) is 1.79. The molecule has 0 aromatic carbocycles. The molecule has 1 aromatic rings. The third kappa shape index (κ3) is 5.74. The van der Waals surface area contributed by atoms with Crippen molar-refractivity contribution in [1.29, 1.82) is 0 Å². The lowest BCUT2D eigenvalue weighted by molar-refractivity contribution is -0.118. The Kier molecular flexibility index (Phi) is 5.63. The molecular weight excluding hydrogens is 230 g/mol. The van der Waals surface area contributed by atoms with Crippen molar-refractivity contribution in [2.24, 2.45) is 5.92 Å². The lowest BCUT2D eigenvalue weighted by Crippen LogP contribution is -2.26. The van der Waals surface area contributed by atoms with Crippen molar-refractivity contribution >= 4 is 29.0 Å². The Balaban J connectivity index is 2.09. The van der Waals surface area contributed by atoms with Crippen molar-refractivity contribution in [2.75, 3.05) is 12.3 Å². The molecule has 4 nitrogen and oxygen atoms in total. The summed E-state index contributed by atoms with van der Waals surface area (Å²) in [6.45, 7) is 5.04. The molecule has 0 bridgehead atoms. The highest BCUT2D eigenvalue weighted by atomic mass is 32.2. The van der Waals surface area contributed by atoms with Crippen LogP contribution in [0, 0.1) is 5.92 Å². The van der Waals surface area contributed by atoms with E-state index in [1.54, 1.807) is 5.51 Å². The zero-order valence-corrected chi connectivity index (χ0v) is 10.5. The molecule has 0 unspecified atom stereocenters. The quantitative estimate of drug-likeness (QED) is 0.776. The number of carbonyl (C=O) groups excluding carboxylic acids is 1. The fourth-order valence-corrected chi connectivity index (χ4v) is 2.22. The lowest BCUT2D eigenvalue weighted by Gasteiger charge is -2.05. The second-order valence-corrected chi connectivity index (χ2v) is 5.58. The van der Waals surface area contributed by atoms with E-state index < -0.39 is 0 Å². The van der Waals surface area contributed by atoms with Gasteiger partial charge in [0.25, 0.3) is 0 Å². The second-order valence-electron chi connectivity index (χ2n) is 3.53. The van der Waals surface area contributed by atoms with Gasteiger partial charge in [0.1, 0.15) is 5.51 Å². The van der Waals surface area contributed by atoms with Gasteiger partial charge in [0.2, 0.25) is 5.91 Å². The molecule has 1 N–H and O–H groups in total. The molecule has 0 radical (unpaired) electrons. The van der Waals surface area contributed by atoms with Gasteiger partial charge in [0, 0.05) is 6.54 Å².